The summed E-state index contributed by atoms with van der Waals surface area (Å²) in [7, 11) is 0.00825. The Morgan fingerprint density at radius 3 is 2.21 bits per heavy atom. The van der Waals surface area contributed by atoms with Crippen LogP contribution in [0.25, 0.3) is 0 Å². The van der Waals surface area contributed by atoms with E-state index in [1.54, 1.807) is 0 Å². The third-order valence-electron chi connectivity index (χ3n) is 4.33. The summed E-state index contributed by atoms with van der Waals surface area (Å²) in [5.74, 6) is -1.38. The van der Waals surface area contributed by atoms with Crippen LogP contribution in [-0.2, 0) is 25.5 Å². The molecule has 2 amide bonds. The summed E-state index contributed by atoms with van der Waals surface area (Å²) >= 11 is 0. The van der Waals surface area contributed by atoms with E-state index in [9.17, 15) is 14.4 Å². The molecule has 160 valence electrons. The van der Waals surface area contributed by atoms with Gasteiger partial charge in [-0.05, 0) is 23.6 Å². The monoisotopic (exact) mass is 418 g/mol. The van der Waals surface area contributed by atoms with Crippen LogP contribution in [0.15, 0.2) is 42.5 Å². The molecule has 0 bridgehead atoms. The molecule has 0 radical (unpaired) electrons. The van der Waals surface area contributed by atoms with Crippen molar-refractivity contribution in [2.75, 3.05) is 7.11 Å². The average Bonchev–Trinajstić information content (AvgIpc) is 2.64. The van der Waals surface area contributed by atoms with Gasteiger partial charge in [0.2, 0.25) is 11.8 Å². The number of ether oxygens (including phenoxy) is 1. The Morgan fingerprint density at radius 2 is 1.69 bits per heavy atom. The molecule has 1 aromatic rings. The standard InChI is InChI=1S/C22H34N2O4Si/c1-16(2)20(24-19(25)13-10-14-29(4,5)6)21(26)23-18(22(27)28-3)15-17-11-8-7-9-12-17/h7-13,16,18,20H,14-15H2,1-6H3,(H,23,26)(H,24,25)/b13-10+/t18-,20-/m0/s1. The van der Waals surface area contributed by atoms with Gasteiger partial charge < -0.3 is 15.4 Å². The van der Waals surface area contributed by atoms with E-state index in [2.05, 4.69) is 30.3 Å². The third kappa shape index (κ3) is 9.56. The van der Waals surface area contributed by atoms with Crippen molar-refractivity contribution in [3.05, 3.63) is 48.0 Å². The number of benzene rings is 1. The molecule has 0 aliphatic heterocycles. The highest BCUT2D eigenvalue weighted by Gasteiger charge is 2.29. The lowest BCUT2D eigenvalue weighted by atomic mass is 10.0. The lowest BCUT2D eigenvalue weighted by Crippen LogP contribution is -2.54. The molecule has 2 atom stereocenters. The Bertz CT molecular complexity index is 711. The van der Waals surface area contributed by atoms with E-state index in [1.807, 2.05) is 50.3 Å². The smallest absolute Gasteiger partial charge is 0.328 e. The van der Waals surface area contributed by atoms with Crippen molar-refractivity contribution in [2.45, 2.75) is 58.0 Å². The van der Waals surface area contributed by atoms with Gasteiger partial charge in [-0.1, -0.05) is 69.9 Å². The minimum atomic E-state index is -1.28. The van der Waals surface area contributed by atoms with Crippen LogP contribution >= 0.6 is 0 Å². The first-order chi connectivity index (χ1) is 13.5. The van der Waals surface area contributed by atoms with E-state index in [0.717, 1.165) is 11.6 Å². The maximum absolute atomic E-state index is 12.8. The molecule has 1 rings (SSSR count). The van der Waals surface area contributed by atoms with E-state index in [4.69, 9.17) is 4.74 Å². The maximum atomic E-state index is 12.8. The predicted octanol–water partition coefficient (Wildman–Crippen LogP) is 2.92. The van der Waals surface area contributed by atoms with Crippen molar-refractivity contribution in [3.8, 4) is 0 Å². The van der Waals surface area contributed by atoms with Gasteiger partial charge in [-0.25, -0.2) is 4.79 Å². The molecule has 0 saturated carbocycles. The predicted molar refractivity (Wildman–Crippen MR) is 118 cm³/mol. The molecule has 0 saturated heterocycles. The number of hydrogen-bond acceptors (Lipinski definition) is 4. The van der Waals surface area contributed by atoms with E-state index in [0.29, 0.717) is 6.42 Å². The molecule has 0 spiro atoms. The second-order valence-electron chi connectivity index (χ2n) is 8.67. The molecule has 0 fully saturated rings. The molecule has 29 heavy (non-hydrogen) atoms. The minimum absolute atomic E-state index is 0.139. The van der Waals surface area contributed by atoms with Crippen LogP contribution < -0.4 is 10.6 Å². The van der Waals surface area contributed by atoms with Crippen LogP contribution in [0.2, 0.25) is 25.7 Å². The number of esters is 1. The molecule has 2 N–H and O–H groups in total. The summed E-state index contributed by atoms with van der Waals surface area (Å²) in [5.41, 5.74) is 0.905. The summed E-state index contributed by atoms with van der Waals surface area (Å²) in [6.45, 7) is 10.4. The highest BCUT2D eigenvalue weighted by molar-refractivity contribution is 6.76. The number of amides is 2. The Balaban J connectivity index is 2.82. The zero-order valence-electron chi connectivity index (χ0n) is 18.3. The number of methoxy groups -OCH3 is 1. The highest BCUT2D eigenvalue weighted by atomic mass is 28.3. The zero-order chi connectivity index (χ0) is 22.0. The summed E-state index contributed by atoms with van der Waals surface area (Å²) < 4.78 is 4.84. The second kappa shape index (κ2) is 11.6. The molecule has 7 heteroatoms. The number of carbonyl (C=O) groups is 3. The molecule has 0 aliphatic rings. The van der Waals surface area contributed by atoms with Gasteiger partial charge in [0.15, 0.2) is 0 Å². The van der Waals surface area contributed by atoms with Crippen molar-refractivity contribution in [2.24, 2.45) is 5.92 Å². The van der Waals surface area contributed by atoms with Crippen LogP contribution in [-0.4, -0.2) is 45.1 Å². The van der Waals surface area contributed by atoms with Crippen LogP contribution in [0, 0.1) is 5.92 Å². The summed E-state index contributed by atoms with van der Waals surface area (Å²) in [5, 5.41) is 5.49. The summed E-state index contributed by atoms with van der Waals surface area (Å²) in [6, 6.07) is 8.71. The third-order valence-corrected chi connectivity index (χ3v) is 5.79. The quantitative estimate of drug-likeness (QED) is 0.348. The van der Waals surface area contributed by atoms with Gasteiger partial charge in [0.05, 0.1) is 7.11 Å². The van der Waals surface area contributed by atoms with E-state index < -0.39 is 32.0 Å². The van der Waals surface area contributed by atoms with Gasteiger partial charge in [0.25, 0.3) is 0 Å². The Labute approximate surface area is 175 Å². The van der Waals surface area contributed by atoms with Gasteiger partial charge in [-0.15, -0.1) is 0 Å². The molecular formula is C22H34N2O4Si. The number of carbonyl (C=O) groups excluding carboxylic acids is 3. The number of nitrogens with one attached hydrogen (secondary N) is 2. The first-order valence-corrected chi connectivity index (χ1v) is 13.6. The van der Waals surface area contributed by atoms with Gasteiger partial charge in [-0.2, -0.15) is 0 Å². The molecule has 6 nitrogen and oxygen atoms in total. The van der Waals surface area contributed by atoms with E-state index >= 15 is 0 Å². The van der Waals surface area contributed by atoms with Crippen molar-refractivity contribution < 1.29 is 19.1 Å². The molecule has 0 unspecified atom stereocenters. The van der Waals surface area contributed by atoms with E-state index in [1.165, 1.54) is 13.2 Å². The van der Waals surface area contributed by atoms with Gasteiger partial charge >= 0.3 is 5.97 Å². The van der Waals surface area contributed by atoms with Crippen LogP contribution in [0.4, 0.5) is 0 Å². The fraction of sp³-hybridized carbons (Fsp3) is 0.500. The fourth-order valence-corrected chi connectivity index (χ4v) is 3.53. The highest BCUT2D eigenvalue weighted by Crippen LogP contribution is 2.09. The molecule has 0 aliphatic carbocycles. The van der Waals surface area contributed by atoms with Crippen molar-refractivity contribution in [1.29, 1.82) is 0 Å². The van der Waals surface area contributed by atoms with Gasteiger partial charge in [0, 0.05) is 14.5 Å². The lowest BCUT2D eigenvalue weighted by Gasteiger charge is -2.24. The molecular weight excluding hydrogens is 384 g/mol. The Morgan fingerprint density at radius 1 is 1.07 bits per heavy atom. The topological polar surface area (TPSA) is 84.5 Å². The average molecular weight is 419 g/mol. The van der Waals surface area contributed by atoms with Gasteiger partial charge in [-0.3, -0.25) is 9.59 Å². The number of rotatable bonds is 10. The SMILES string of the molecule is COC(=O)[C@H](Cc1ccccc1)NC(=O)[C@@H](NC(=O)/C=C/C[Si](C)(C)C)C(C)C. The van der Waals surface area contributed by atoms with Crippen molar-refractivity contribution in [3.63, 3.8) is 0 Å². The normalized spacial score (nSPS) is 13.8. The largest absolute Gasteiger partial charge is 0.467 e. The van der Waals surface area contributed by atoms with Crippen LogP contribution in [0.5, 0.6) is 0 Å². The van der Waals surface area contributed by atoms with Crippen molar-refractivity contribution in [1.82, 2.24) is 10.6 Å². The Hall–Kier alpha value is -2.41. The van der Waals surface area contributed by atoms with E-state index in [-0.39, 0.29) is 11.8 Å². The fourth-order valence-electron chi connectivity index (χ4n) is 2.70. The molecule has 0 aromatic heterocycles. The first-order valence-electron chi connectivity index (χ1n) is 9.92. The van der Waals surface area contributed by atoms with Gasteiger partial charge in [0.1, 0.15) is 12.1 Å². The number of hydrogen-bond donors (Lipinski definition) is 2. The second-order valence-corrected chi connectivity index (χ2v) is 14.2. The first kappa shape index (κ1) is 24.6. The lowest BCUT2D eigenvalue weighted by molar-refractivity contribution is -0.145. The zero-order valence-corrected chi connectivity index (χ0v) is 19.3. The minimum Gasteiger partial charge on any atom is -0.467 e. The number of allylic oxidation sites excluding steroid dienone is 1. The summed E-state index contributed by atoms with van der Waals surface area (Å²) in [6.07, 6.45) is 3.67. The van der Waals surface area contributed by atoms with Crippen molar-refractivity contribution >= 4 is 25.9 Å². The molecule has 0 heterocycles. The van der Waals surface area contributed by atoms with Crippen LogP contribution in [0.3, 0.4) is 0 Å². The maximum Gasteiger partial charge on any atom is 0.328 e. The van der Waals surface area contributed by atoms with Crippen LogP contribution in [0.1, 0.15) is 19.4 Å². The Kier molecular flexibility index (Phi) is 9.81. The summed E-state index contributed by atoms with van der Waals surface area (Å²) in [4.78, 5) is 37.3. The molecule has 1 aromatic carbocycles.